The Morgan fingerprint density at radius 1 is 0.963 bits per heavy atom. The van der Waals surface area contributed by atoms with Crippen LogP contribution in [0.1, 0.15) is 36.4 Å². The lowest BCUT2D eigenvalue weighted by Gasteiger charge is -2.15. The van der Waals surface area contributed by atoms with Gasteiger partial charge in [0, 0.05) is 24.5 Å². The van der Waals surface area contributed by atoms with E-state index >= 15 is 0 Å². The van der Waals surface area contributed by atoms with Crippen molar-refractivity contribution in [1.82, 2.24) is 4.98 Å². The molecule has 4 nitrogen and oxygen atoms in total. The van der Waals surface area contributed by atoms with Gasteiger partial charge in [-0.25, -0.2) is 0 Å². The Bertz CT molecular complexity index is 991. The van der Waals surface area contributed by atoms with Crippen molar-refractivity contribution in [1.29, 1.82) is 0 Å². The minimum Gasteiger partial charge on any atom is -0.497 e. The number of methoxy groups -OCH3 is 2. The predicted octanol–water partition coefficient (Wildman–Crippen LogP) is 6.20. The number of aryl methyl sites for hydroxylation is 1. The number of halogens is 2. The van der Waals surface area contributed by atoms with Crippen LogP contribution >= 0.6 is 45.2 Å². The fourth-order valence-corrected chi connectivity index (χ4v) is 4.03. The van der Waals surface area contributed by atoms with Crippen molar-refractivity contribution < 1.29 is 9.47 Å². The third-order valence-corrected chi connectivity index (χ3v) is 7.96. The van der Waals surface area contributed by atoms with E-state index in [9.17, 15) is 0 Å². The molecule has 0 saturated carbocycles. The number of hydrogen-bond donors (Lipinski definition) is 1. The molecular formula is C21H22I2N2O2. The monoisotopic (exact) mass is 588 g/mol. The number of H-pyrrole nitrogens is 1. The van der Waals surface area contributed by atoms with Crippen molar-refractivity contribution >= 4 is 56.5 Å². The van der Waals surface area contributed by atoms with Gasteiger partial charge in [0.1, 0.15) is 11.5 Å². The molecule has 2 aromatic rings. The topological polar surface area (TPSA) is 46.6 Å². The van der Waals surface area contributed by atoms with E-state index in [1.807, 2.05) is 18.2 Å². The highest BCUT2D eigenvalue weighted by molar-refractivity contribution is 14.1. The van der Waals surface area contributed by atoms with Crippen LogP contribution in [-0.2, 0) is 0 Å². The molecule has 142 valence electrons. The van der Waals surface area contributed by atoms with Crippen molar-refractivity contribution in [2.24, 2.45) is 4.99 Å². The van der Waals surface area contributed by atoms with Crippen LogP contribution in [0, 0.1) is 17.4 Å². The number of nitrogens with zero attached hydrogens (tertiary/aromatic N) is 1. The van der Waals surface area contributed by atoms with Gasteiger partial charge in [0.15, 0.2) is 0 Å². The highest BCUT2D eigenvalue weighted by Gasteiger charge is 2.25. The van der Waals surface area contributed by atoms with Crippen molar-refractivity contribution in [2.75, 3.05) is 14.2 Å². The maximum atomic E-state index is 5.51. The summed E-state index contributed by atoms with van der Waals surface area (Å²) in [5, 5.41) is 0. The smallest absolute Gasteiger partial charge is 0.123 e. The fraction of sp³-hybridized carbons (Fsp3) is 0.286. The second-order valence-electron chi connectivity index (χ2n) is 6.53. The number of benzene rings is 1. The van der Waals surface area contributed by atoms with Crippen LogP contribution in [0.3, 0.4) is 0 Å². The summed E-state index contributed by atoms with van der Waals surface area (Å²) < 4.78 is 13.5. The Hall–Kier alpha value is -1.29. The molecule has 0 unspecified atom stereocenters. The largest absolute Gasteiger partial charge is 0.497 e. The van der Waals surface area contributed by atoms with Crippen LogP contribution < -0.4 is 9.47 Å². The van der Waals surface area contributed by atoms with Crippen molar-refractivity contribution in [3.63, 3.8) is 0 Å². The van der Waals surface area contributed by atoms with Gasteiger partial charge >= 0.3 is 0 Å². The van der Waals surface area contributed by atoms with E-state index in [0.29, 0.717) is 0 Å². The van der Waals surface area contributed by atoms with E-state index in [2.05, 4.69) is 77.9 Å². The van der Waals surface area contributed by atoms with Crippen LogP contribution in [0.5, 0.6) is 11.5 Å². The van der Waals surface area contributed by atoms with Gasteiger partial charge < -0.3 is 14.5 Å². The number of aliphatic imine (C=N–C) groups is 1. The van der Waals surface area contributed by atoms with E-state index in [1.54, 1.807) is 14.2 Å². The quantitative estimate of drug-likeness (QED) is 0.433. The SMILES string of the molecule is COc1cc(OC)cc(/C(=C2/N=C(C)C(I)=C2C)c2[nH]c(C)c(I)c2C)c1. The zero-order valence-corrected chi connectivity index (χ0v) is 20.6. The first-order chi connectivity index (χ1) is 12.8. The van der Waals surface area contributed by atoms with Crippen LogP contribution in [0.2, 0.25) is 0 Å². The van der Waals surface area contributed by atoms with Gasteiger partial charge in [-0.1, -0.05) is 0 Å². The fourth-order valence-electron chi connectivity index (χ4n) is 3.25. The van der Waals surface area contributed by atoms with Gasteiger partial charge in [0.25, 0.3) is 0 Å². The summed E-state index contributed by atoms with van der Waals surface area (Å²) in [7, 11) is 3.34. The molecular weight excluding hydrogens is 566 g/mol. The number of nitrogens with one attached hydrogen (secondary N) is 1. The molecule has 6 heteroatoms. The Balaban J connectivity index is 2.39. The second-order valence-corrected chi connectivity index (χ2v) is 8.68. The highest BCUT2D eigenvalue weighted by atomic mass is 127. The molecule has 0 saturated heterocycles. The molecule has 0 spiro atoms. The first kappa shape index (κ1) is 20.4. The van der Waals surface area contributed by atoms with Crippen LogP contribution in [0.25, 0.3) is 5.57 Å². The lowest BCUT2D eigenvalue weighted by molar-refractivity contribution is 0.394. The highest BCUT2D eigenvalue weighted by Crippen LogP contribution is 2.41. The number of ether oxygens (including phenoxy) is 2. The molecule has 0 fully saturated rings. The van der Waals surface area contributed by atoms with Gasteiger partial charge in [-0.3, -0.25) is 4.99 Å². The Morgan fingerprint density at radius 3 is 1.96 bits per heavy atom. The van der Waals surface area contributed by atoms with Gasteiger partial charge in [-0.15, -0.1) is 0 Å². The third-order valence-electron chi connectivity index (χ3n) is 4.75. The second kappa shape index (κ2) is 7.98. The molecule has 2 heterocycles. The summed E-state index contributed by atoms with van der Waals surface area (Å²) in [6, 6.07) is 5.96. The Kier molecular flexibility index (Phi) is 6.05. The van der Waals surface area contributed by atoms with Gasteiger partial charge in [-0.05, 0) is 102 Å². The molecule has 1 aromatic carbocycles. The van der Waals surface area contributed by atoms with E-state index in [4.69, 9.17) is 14.5 Å². The molecule has 0 aliphatic carbocycles. The van der Waals surface area contributed by atoms with Crippen molar-refractivity contribution in [3.05, 3.63) is 59.1 Å². The maximum Gasteiger partial charge on any atom is 0.123 e. The lowest BCUT2D eigenvalue weighted by Crippen LogP contribution is -1.98. The summed E-state index contributed by atoms with van der Waals surface area (Å²) in [6.07, 6.45) is 0. The summed E-state index contributed by atoms with van der Waals surface area (Å²) >= 11 is 4.77. The summed E-state index contributed by atoms with van der Waals surface area (Å²) in [4.78, 5) is 8.48. The zero-order valence-electron chi connectivity index (χ0n) is 16.3. The lowest BCUT2D eigenvalue weighted by atomic mass is 9.95. The number of aromatic amines is 1. The molecule has 1 aromatic heterocycles. The van der Waals surface area contributed by atoms with E-state index in [1.165, 1.54) is 18.3 Å². The molecule has 3 rings (SSSR count). The minimum absolute atomic E-state index is 0.758. The average Bonchev–Trinajstić information content (AvgIpc) is 3.06. The average molecular weight is 588 g/mol. The summed E-state index contributed by atoms with van der Waals surface area (Å²) in [6.45, 7) is 8.43. The van der Waals surface area contributed by atoms with Crippen LogP contribution in [-0.4, -0.2) is 24.9 Å². The first-order valence-corrected chi connectivity index (χ1v) is 10.7. The van der Waals surface area contributed by atoms with Crippen molar-refractivity contribution in [2.45, 2.75) is 27.7 Å². The molecule has 27 heavy (non-hydrogen) atoms. The van der Waals surface area contributed by atoms with Gasteiger partial charge in [-0.2, -0.15) is 0 Å². The molecule has 0 amide bonds. The van der Waals surface area contributed by atoms with E-state index in [-0.39, 0.29) is 0 Å². The number of rotatable bonds is 4. The number of aromatic nitrogens is 1. The van der Waals surface area contributed by atoms with E-state index < -0.39 is 0 Å². The Labute approximate surface area is 187 Å². The summed E-state index contributed by atoms with van der Waals surface area (Å²) in [5.41, 5.74) is 8.78. The molecule has 0 bridgehead atoms. The molecule has 1 N–H and O–H groups in total. The predicted molar refractivity (Wildman–Crippen MR) is 128 cm³/mol. The van der Waals surface area contributed by atoms with E-state index in [0.717, 1.165) is 45.4 Å². The van der Waals surface area contributed by atoms with Gasteiger partial charge in [0.2, 0.25) is 0 Å². The number of hydrogen-bond acceptors (Lipinski definition) is 3. The molecule has 1 aliphatic heterocycles. The van der Waals surface area contributed by atoms with Crippen molar-refractivity contribution in [3.8, 4) is 11.5 Å². The normalized spacial score (nSPS) is 15.9. The molecule has 1 aliphatic rings. The third kappa shape index (κ3) is 3.70. The summed E-state index contributed by atoms with van der Waals surface area (Å²) in [5.74, 6) is 1.52. The first-order valence-electron chi connectivity index (χ1n) is 8.53. The molecule has 0 radical (unpaired) electrons. The van der Waals surface area contributed by atoms with Gasteiger partial charge in [0.05, 0.1) is 31.3 Å². The maximum absolute atomic E-state index is 5.51. The van der Waals surface area contributed by atoms with Crippen LogP contribution in [0.4, 0.5) is 0 Å². The van der Waals surface area contributed by atoms with Crippen LogP contribution in [0.15, 0.2) is 38.0 Å². The number of allylic oxidation sites excluding steroid dienone is 2. The zero-order chi connectivity index (χ0) is 19.9. The molecule has 0 atom stereocenters. The minimum atomic E-state index is 0.758. The Morgan fingerprint density at radius 2 is 1.56 bits per heavy atom. The standard InChI is InChI=1S/C21H22I2N2O2/c1-10-18(22)12(3)24-20(10)17(21-11(2)19(23)13(4)25-21)14-7-15(26-5)9-16(8-14)27-6/h7-9,24H,1-6H3/b21-17-.